The average molecular weight is 303 g/mol. The SMILES string of the molecule is CCNC(=NCCOc1ccccc1C(F)(F)F)NCC. The summed E-state index contributed by atoms with van der Waals surface area (Å²) < 4.78 is 43.5. The van der Waals surface area contributed by atoms with Crippen LogP contribution in [0.3, 0.4) is 0 Å². The fourth-order valence-electron chi connectivity index (χ4n) is 1.65. The molecule has 1 rings (SSSR count). The van der Waals surface area contributed by atoms with E-state index in [-0.39, 0.29) is 18.9 Å². The summed E-state index contributed by atoms with van der Waals surface area (Å²) in [6.45, 7) is 5.63. The molecule has 4 nitrogen and oxygen atoms in total. The first-order chi connectivity index (χ1) is 9.99. The number of halogens is 3. The smallest absolute Gasteiger partial charge is 0.419 e. The molecule has 0 saturated heterocycles. The van der Waals surface area contributed by atoms with E-state index < -0.39 is 11.7 Å². The number of nitrogens with one attached hydrogen (secondary N) is 2. The van der Waals surface area contributed by atoms with Crippen LogP contribution in [0.5, 0.6) is 5.75 Å². The van der Waals surface area contributed by atoms with Crippen LogP contribution in [0.25, 0.3) is 0 Å². The Morgan fingerprint density at radius 2 is 1.76 bits per heavy atom. The van der Waals surface area contributed by atoms with Crippen molar-refractivity contribution in [1.82, 2.24) is 10.6 Å². The highest BCUT2D eigenvalue weighted by atomic mass is 19.4. The van der Waals surface area contributed by atoms with Crippen molar-refractivity contribution in [1.29, 1.82) is 0 Å². The van der Waals surface area contributed by atoms with Crippen LogP contribution in [0.4, 0.5) is 13.2 Å². The molecule has 0 amide bonds. The third kappa shape index (κ3) is 5.93. The maximum atomic E-state index is 12.8. The Morgan fingerprint density at radius 3 is 2.33 bits per heavy atom. The summed E-state index contributed by atoms with van der Waals surface area (Å²) in [5, 5.41) is 6.04. The van der Waals surface area contributed by atoms with Gasteiger partial charge in [-0.1, -0.05) is 12.1 Å². The number of aliphatic imine (C=N–C) groups is 1. The van der Waals surface area contributed by atoms with Crippen molar-refractivity contribution in [3.05, 3.63) is 29.8 Å². The van der Waals surface area contributed by atoms with Gasteiger partial charge in [-0.05, 0) is 26.0 Å². The van der Waals surface area contributed by atoms with Crippen LogP contribution in [0.2, 0.25) is 0 Å². The first kappa shape index (κ1) is 17.1. The number of hydrogen-bond donors (Lipinski definition) is 2. The quantitative estimate of drug-likeness (QED) is 0.482. The predicted molar refractivity (Wildman–Crippen MR) is 76.6 cm³/mol. The summed E-state index contributed by atoms with van der Waals surface area (Å²) in [5.41, 5.74) is -0.771. The van der Waals surface area contributed by atoms with Gasteiger partial charge in [0, 0.05) is 13.1 Å². The number of para-hydroxylation sites is 1. The lowest BCUT2D eigenvalue weighted by molar-refractivity contribution is -0.138. The molecule has 0 spiro atoms. The minimum Gasteiger partial charge on any atom is -0.491 e. The van der Waals surface area contributed by atoms with Crippen LogP contribution in [0.15, 0.2) is 29.3 Å². The van der Waals surface area contributed by atoms with Gasteiger partial charge >= 0.3 is 6.18 Å². The van der Waals surface area contributed by atoms with Gasteiger partial charge in [0.15, 0.2) is 5.96 Å². The Labute approximate surface area is 122 Å². The second-order valence-electron chi connectivity index (χ2n) is 4.13. The molecular formula is C14H20F3N3O. The Hall–Kier alpha value is -1.92. The van der Waals surface area contributed by atoms with E-state index in [1.165, 1.54) is 18.2 Å². The number of hydrogen-bond acceptors (Lipinski definition) is 2. The molecule has 0 aliphatic heterocycles. The van der Waals surface area contributed by atoms with E-state index in [9.17, 15) is 13.2 Å². The number of nitrogens with zero attached hydrogens (tertiary/aromatic N) is 1. The maximum absolute atomic E-state index is 12.8. The van der Waals surface area contributed by atoms with Crippen molar-refractivity contribution in [2.75, 3.05) is 26.2 Å². The third-order valence-electron chi connectivity index (χ3n) is 2.50. The molecule has 0 aromatic heterocycles. The van der Waals surface area contributed by atoms with Crippen molar-refractivity contribution >= 4 is 5.96 Å². The van der Waals surface area contributed by atoms with Crippen LogP contribution in [0, 0.1) is 0 Å². The number of alkyl halides is 3. The maximum Gasteiger partial charge on any atom is 0.419 e. The highest BCUT2D eigenvalue weighted by Crippen LogP contribution is 2.35. The lowest BCUT2D eigenvalue weighted by Gasteiger charge is -2.13. The molecule has 0 saturated carbocycles. The van der Waals surface area contributed by atoms with Crippen molar-refractivity contribution in [2.24, 2.45) is 4.99 Å². The lowest BCUT2D eigenvalue weighted by atomic mass is 10.2. The van der Waals surface area contributed by atoms with Gasteiger partial charge in [-0.25, -0.2) is 4.99 Å². The van der Waals surface area contributed by atoms with Crippen molar-refractivity contribution in [3.8, 4) is 5.75 Å². The largest absolute Gasteiger partial charge is 0.491 e. The molecular weight excluding hydrogens is 283 g/mol. The topological polar surface area (TPSA) is 45.7 Å². The standard InChI is InChI=1S/C14H20F3N3O/c1-3-18-13(19-4-2)20-9-10-21-12-8-6-5-7-11(12)14(15,16)17/h5-8H,3-4,9-10H2,1-2H3,(H2,18,19,20). The summed E-state index contributed by atoms with van der Waals surface area (Å²) in [7, 11) is 0. The number of benzene rings is 1. The minimum atomic E-state index is -4.42. The van der Waals surface area contributed by atoms with E-state index >= 15 is 0 Å². The van der Waals surface area contributed by atoms with Crippen LogP contribution < -0.4 is 15.4 Å². The number of rotatable bonds is 6. The Bertz CT molecular complexity index is 453. The normalized spacial score (nSPS) is 10.9. The van der Waals surface area contributed by atoms with E-state index in [1.54, 1.807) is 0 Å². The molecule has 0 radical (unpaired) electrons. The van der Waals surface area contributed by atoms with Crippen LogP contribution in [0.1, 0.15) is 19.4 Å². The summed E-state index contributed by atoms with van der Waals surface area (Å²) in [6.07, 6.45) is -4.42. The monoisotopic (exact) mass is 303 g/mol. The van der Waals surface area contributed by atoms with E-state index in [0.717, 1.165) is 6.07 Å². The number of ether oxygens (including phenoxy) is 1. The fraction of sp³-hybridized carbons (Fsp3) is 0.500. The summed E-state index contributed by atoms with van der Waals surface area (Å²) in [4.78, 5) is 4.20. The second-order valence-corrected chi connectivity index (χ2v) is 4.13. The van der Waals surface area contributed by atoms with Crippen molar-refractivity contribution in [3.63, 3.8) is 0 Å². The van der Waals surface area contributed by atoms with E-state index in [1.807, 2.05) is 13.8 Å². The first-order valence-electron chi connectivity index (χ1n) is 6.80. The highest BCUT2D eigenvalue weighted by Gasteiger charge is 2.33. The molecule has 2 N–H and O–H groups in total. The summed E-state index contributed by atoms with van der Waals surface area (Å²) >= 11 is 0. The van der Waals surface area contributed by atoms with Crippen LogP contribution in [-0.2, 0) is 6.18 Å². The molecule has 0 heterocycles. The molecule has 0 fully saturated rings. The first-order valence-corrected chi connectivity index (χ1v) is 6.80. The molecule has 0 unspecified atom stereocenters. The van der Waals surface area contributed by atoms with E-state index in [2.05, 4.69) is 15.6 Å². The van der Waals surface area contributed by atoms with Crippen molar-refractivity contribution in [2.45, 2.75) is 20.0 Å². The molecule has 1 aromatic carbocycles. The zero-order valence-corrected chi connectivity index (χ0v) is 12.1. The van der Waals surface area contributed by atoms with Gasteiger partial charge in [0.1, 0.15) is 12.4 Å². The van der Waals surface area contributed by atoms with Gasteiger partial charge in [-0.15, -0.1) is 0 Å². The molecule has 21 heavy (non-hydrogen) atoms. The molecule has 0 atom stereocenters. The van der Waals surface area contributed by atoms with Gasteiger partial charge in [0.25, 0.3) is 0 Å². The molecule has 118 valence electrons. The minimum absolute atomic E-state index is 0.0768. The average Bonchev–Trinajstić information content (AvgIpc) is 2.43. The zero-order chi connectivity index (χ0) is 15.7. The zero-order valence-electron chi connectivity index (χ0n) is 12.1. The van der Waals surface area contributed by atoms with Gasteiger partial charge in [0.2, 0.25) is 0 Å². The molecule has 7 heteroatoms. The molecule has 1 aromatic rings. The Morgan fingerprint density at radius 1 is 1.14 bits per heavy atom. The Kier molecular flexibility index (Phi) is 6.84. The highest BCUT2D eigenvalue weighted by molar-refractivity contribution is 5.79. The summed E-state index contributed by atoms with van der Waals surface area (Å²) in [6, 6.07) is 5.15. The number of guanidine groups is 1. The van der Waals surface area contributed by atoms with Gasteiger partial charge in [-0.3, -0.25) is 0 Å². The van der Waals surface area contributed by atoms with Gasteiger partial charge < -0.3 is 15.4 Å². The van der Waals surface area contributed by atoms with Crippen molar-refractivity contribution < 1.29 is 17.9 Å². The molecule has 0 aliphatic rings. The van der Waals surface area contributed by atoms with Gasteiger partial charge in [-0.2, -0.15) is 13.2 Å². The van der Waals surface area contributed by atoms with E-state index in [0.29, 0.717) is 19.0 Å². The molecule has 0 bridgehead atoms. The van der Waals surface area contributed by atoms with Crippen LogP contribution >= 0.6 is 0 Å². The van der Waals surface area contributed by atoms with Crippen LogP contribution in [-0.4, -0.2) is 32.2 Å². The molecule has 0 aliphatic carbocycles. The predicted octanol–water partition coefficient (Wildman–Crippen LogP) is 2.66. The second kappa shape index (κ2) is 8.39. The third-order valence-corrected chi connectivity index (χ3v) is 2.50. The van der Waals surface area contributed by atoms with Gasteiger partial charge in [0.05, 0.1) is 12.1 Å². The lowest BCUT2D eigenvalue weighted by Crippen LogP contribution is -2.37. The van der Waals surface area contributed by atoms with E-state index in [4.69, 9.17) is 4.74 Å². The Balaban J connectivity index is 2.58. The fourth-order valence-corrected chi connectivity index (χ4v) is 1.65. The summed E-state index contributed by atoms with van der Waals surface area (Å²) in [5.74, 6) is 0.446.